The molecule has 0 aliphatic carbocycles. The molecule has 3 nitrogen and oxygen atoms in total. The van der Waals surface area contributed by atoms with Crippen molar-refractivity contribution >= 4 is 11.3 Å². The molecule has 1 aromatic heterocycles. The zero-order valence-electron chi connectivity index (χ0n) is 12.1. The van der Waals surface area contributed by atoms with Gasteiger partial charge in [-0.05, 0) is 57.8 Å². The first-order chi connectivity index (χ1) is 9.27. The van der Waals surface area contributed by atoms with Crippen molar-refractivity contribution in [1.29, 1.82) is 0 Å². The zero-order valence-corrected chi connectivity index (χ0v) is 12.9. The summed E-state index contributed by atoms with van der Waals surface area (Å²) in [5.74, 6) is 0. The molecule has 1 atom stereocenters. The smallest absolute Gasteiger partial charge is 0.0599 e. The average molecular weight is 282 g/mol. The van der Waals surface area contributed by atoms with Crippen molar-refractivity contribution in [3.63, 3.8) is 0 Å². The number of rotatable bonds is 7. The van der Waals surface area contributed by atoms with Crippen LogP contribution >= 0.6 is 11.3 Å². The standard InChI is InChI=1S/C15H26N2OS/c1-13(15-5-3-12-19-15)17(2)10-4-11-18-14-6-8-16-9-7-14/h3,5,12-14,16H,4,6-11H2,1-2H3. The molecule has 1 unspecified atom stereocenters. The lowest BCUT2D eigenvalue weighted by Crippen LogP contribution is -2.33. The minimum atomic E-state index is 0.487. The first kappa shape index (κ1) is 15.0. The van der Waals surface area contributed by atoms with Crippen LogP contribution in [0.1, 0.15) is 37.1 Å². The molecule has 4 heteroatoms. The van der Waals surface area contributed by atoms with Crippen LogP contribution in [0, 0.1) is 0 Å². The van der Waals surface area contributed by atoms with E-state index in [1.807, 2.05) is 11.3 Å². The molecule has 108 valence electrons. The van der Waals surface area contributed by atoms with Gasteiger partial charge in [-0.1, -0.05) is 6.07 Å². The highest BCUT2D eigenvalue weighted by atomic mass is 32.1. The third kappa shape index (κ3) is 4.88. The molecule has 0 bridgehead atoms. The van der Waals surface area contributed by atoms with Crippen LogP contribution in [-0.2, 0) is 4.74 Å². The fourth-order valence-corrected chi connectivity index (χ4v) is 3.31. The van der Waals surface area contributed by atoms with Crippen molar-refractivity contribution < 1.29 is 4.74 Å². The maximum absolute atomic E-state index is 5.94. The second-order valence-electron chi connectivity index (χ2n) is 5.35. The van der Waals surface area contributed by atoms with Gasteiger partial charge in [0, 0.05) is 24.1 Å². The van der Waals surface area contributed by atoms with Crippen LogP contribution in [0.4, 0.5) is 0 Å². The molecule has 0 aromatic carbocycles. The van der Waals surface area contributed by atoms with Crippen LogP contribution in [0.15, 0.2) is 17.5 Å². The molecular formula is C15H26N2OS. The molecule has 1 fully saturated rings. The van der Waals surface area contributed by atoms with E-state index >= 15 is 0 Å². The van der Waals surface area contributed by atoms with E-state index in [9.17, 15) is 0 Å². The Bertz CT molecular complexity index is 336. The fraction of sp³-hybridized carbons (Fsp3) is 0.733. The molecule has 0 amide bonds. The number of nitrogens with one attached hydrogen (secondary N) is 1. The summed E-state index contributed by atoms with van der Waals surface area (Å²) in [6.45, 7) is 6.50. The van der Waals surface area contributed by atoms with Crippen LogP contribution in [-0.4, -0.2) is 44.3 Å². The summed E-state index contributed by atoms with van der Waals surface area (Å²) in [4.78, 5) is 3.86. The van der Waals surface area contributed by atoms with E-state index in [2.05, 4.69) is 41.7 Å². The highest BCUT2D eigenvalue weighted by Gasteiger charge is 2.14. The largest absolute Gasteiger partial charge is 0.378 e. The van der Waals surface area contributed by atoms with Gasteiger partial charge in [0.25, 0.3) is 0 Å². The minimum Gasteiger partial charge on any atom is -0.378 e. The van der Waals surface area contributed by atoms with Crippen molar-refractivity contribution in [2.24, 2.45) is 0 Å². The van der Waals surface area contributed by atoms with E-state index in [0.717, 1.165) is 32.7 Å². The summed E-state index contributed by atoms with van der Waals surface area (Å²) in [5, 5.41) is 5.52. The van der Waals surface area contributed by atoms with E-state index in [4.69, 9.17) is 4.74 Å². The van der Waals surface area contributed by atoms with E-state index in [1.165, 1.54) is 17.7 Å². The first-order valence-corrected chi connectivity index (χ1v) is 8.21. The lowest BCUT2D eigenvalue weighted by Gasteiger charge is -2.25. The monoisotopic (exact) mass is 282 g/mol. The average Bonchev–Trinajstić information content (AvgIpc) is 2.98. The second kappa shape index (κ2) is 8.00. The summed E-state index contributed by atoms with van der Waals surface area (Å²) in [7, 11) is 2.20. The van der Waals surface area contributed by atoms with Gasteiger partial charge in [0.15, 0.2) is 0 Å². The lowest BCUT2D eigenvalue weighted by molar-refractivity contribution is 0.0275. The molecule has 0 spiro atoms. The Morgan fingerprint density at radius 1 is 1.47 bits per heavy atom. The van der Waals surface area contributed by atoms with Crippen molar-refractivity contribution in [2.45, 2.75) is 38.3 Å². The summed E-state index contributed by atoms with van der Waals surface area (Å²) in [6.07, 6.45) is 3.94. The Balaban J connectivity index is 1.59. The van der Waals surface area contributed by atoms with Gasteiger partial charge in [-0.15, -0.1) is 11.3 Å². The third-order valence-electron chi connectivity index (χ3n) is 3.91. The van der Waals surface area contributed by atoms with Crippen LogP contribution in [0.2, 0.25) is 0 Å². The number of hydrogen-bond donors (Lipinski definition) is 1. The topological polar surface area (TPSA) is 24.5 Å². The molecule has 1 aromatic rings. The van der Waals surface area contributed by atoms with E-state index in [-0.39, 0.29) is 0 Å². The number of thiophene rings is 1. The number of hydrogen-bond acceptors (Lipinski definition) is 4. The molecule has 1 N–H and O–H groups in total. The number of piperidine rings is 1. The number of ether oxygens (including phenoxy) is 1. The molecule has 2 rings (SSSR count). The lowest BCUT2D eigenvalue weighted by atomic mass is 10.1. The Morgan fingerprint density at radius 3 is 2.95 bits per heavy atom. The maximum atomic E-state index is 5.94. The van der Waals surface area contributed by atoms with E-state index in [0.29, 0.717) is 12.1 Å². The minimum absolute atomic E-state index is 0.487. The van der Waals surface area contributed by atoms with Gasteiger partial charge in [0.05, 0.1) is 6.10 Å². The van der Waals surface area contributed by atoms with Crippen molar-refractivity contribution in [3.8, 4) is 0 Å². The van der Waals surface area contributed by atoms with Gasteiger partial charge < -0.3 is 10.1 Å². The van der Waals surface area contributed by atoms with E-state index in [1.54, 1.807) is 0 Å². The quantitative estimate of drug-likeness (QED) is 0.778. The molecule has 19 heavy (non-hydrogen) atoms. The van der Waals surface area contributed by atoms with E-state index < -0.39 is 0 Å². The Kier molecular flexibility index (Phi) is 6.31. The van der Waals surface area contributed by atoms with Gasteiger partial charge in [0.2, 0.25) is 0 Å². The Labute approximate surface area is 121 Å². The van der Waals surface area contributed by atoms with Crippen molar-refractivity contribution in [1.82, 2.24) is 10.2 Å². The van der Waals surface area contributed by atoms with Gasteiger partial charge in [0.1, 0.15) is 0 Å². The van der Waals surface area contributed by atoms with Crippen LogP contribution < -0.4 is 5.32 Å². The second-order valence-corrected chi connectivity index (χ2v) is 6.32. The molecule has 2 heterocycles. The molecule has 0 saturated carbocycles. The highest BCUT2D eigenvalue weighted by molar-refractivity contribution is 7.10. The summed E-state index contributed by atoms with van der Waals surface area (Å²) < 4.78 is 5.94. The molecule has 1 saturated heterocycles. The SMILES string of the molecule is CC(c1cccs1)N(C)CCCOC1CCNCC1. The molecule has 1 aliphatic heterocycles. The van der Waals surface area contributed by atoms with Gasteiger partial charge in [-0.2, -0.15) is 0 Å². The predicted octanol–water partition coefficient (Wildman–Crippen LogP) is 2.90. The predicted molar refractivity (Wildman–Crippen MR) is 81.8 cm³/mol. The number of nitrogens with zero attached hydrogens (tertiary/aromatic N) is 1. The third-order valence-corrected chi connectivity index (χ3v) is 4.95. The zero-order chi connectivity index (χ0) is 13.5. The van der Waals surface area contributed by atoms with Gasteiger partial charge >= 0.3 is 0 Å². The normalized spacial score (nSPS) is 18.9. The summed E-state index contributed by atoms with van der Waals surface area (Å²) in [6, 6.07) is 4.86. The van der Waals surface area contributed by atoms with Gasteiger partial charge in [-0.25, -0.2) is 0 Å². The van der Waals surface area contributed by atoms with Crippen LogP contribution in [0.5, 0.6) is 0 Å². The fourth-order valence-electron chi connectivity index (χ4n) is 2.47. The maximum Gasteiger partial charge on any atom is 0.0599 e. The first-order valence-electron chi connectivity index (χ1n) is 7.33. The molecular weight excluding hydrogens is 256 g/mol. The van der Waals surface area contributed by atoms with Crippen molar-refractivity contribution in [3.05, 3.63) is 22.4 Å². The Hall–Kier alpha value is -0.420. The van der Waals surface area contributed by atoms with Crippen LogP contribution in [0.3, 0.4) is 0 Å². The summed E-state index contributed by atoms with van der Waals surface area (Å²) >= 11 is 1.84. The highest BCUT2D eigenvalue weighted by Crippen LogP contribution is 2.23. The van der Waals surface area contributed by atoms with Crippen LogP contribution in [0.25, 0.3) is 0 Å². The molecule has 1 aliphatic rings. The van der Waals surface area contributed by atoms with Gasteiger partial charge in [-0.3, -0.25) is 4.90 Å². The summed E-state index contributed by atoms with van der Waals surface area (Å²) in [5.41, 5.74) is 0. The van der Waals surface area contributed by atoms with Crippen molar-refractivity contribution in [2.75, 3.05) is 33.3 Å². The Morgan fingerprint density at radius 2 is 2.26 bits per heavy atom. The molecule has 0 radical (unpaired) electrons.